The molecule has 0 aliphatic carbocycles. The highest BCUT2D eigenvalue weighted by molar-refractivity contribution is 7.92. The summed E-state index contributed by atoms with van der Waals surface area (Å²) in [5.74, 6) is -2.29. The number of aromatic nitrogens is 1. The van der Waals surface area contributed by atoms with Crippen molar-refractivity contribution < 1.29 is 22.7 Å². The van der Waals surface area contributed by atoms with Crippen LogP contribution in [0.2, 0.25) is 0 Å². The Hall–Kier alpha value is -4.50. The molecule has 2 atom stereocenters. The van der Waals surface area contributed by atoms with Gasteiger partial charge in [-0.2, -0.15) is 8.42 Å². The zero-order chi connectivity index (χ0) is 33.0. The number of aryl methyl sites for hydroxylation is 2. The number of ether oxygens (including phenoxy) is 1. The standard InChI is InChI=1S/C37H41N3O5S/c1-36(2,3)34(28-15-10-16-30(23-28)40-46(43,44)32-18-17-29(38)25-39-32)33-31(41)24-37(45-35(33)42,21-19-26-11-6-4-7-12-26)22-20-27-13-8-5-9-14-27/h4-18,23,25,33-34,40H,19-22,24,38H2,1-3H3/t33?,34-/m0/s1. The molecule has 3 N–H and O–H groups in total. The molecular weight excluding hydrogens is 598 g/mol. The van der Waals surface area contributed by atoms with Crippen molar-refractivity contribution in [1.82, 2.24) is 4.98 Å². The lowest BCUT2D eigenvalue weighted by Gasteiger charge is -2.44. The second-order valence-electron chi connectivity index (χ2n) is 13.2. The first-order valence-corrected chi connectivity index (χ1v) is 17.0. The van der Waals surface area contributed by atoms with Crippen molar-refractivity contribution in [2.24, 2.45) is 11.3 Å². The molecule has 1 unspecified atom stereocenters. The average molecular weight is 640 g/mol. The molecule has 5 rings (SSSR count). The van der Waals surface area contributed by atoms with Gasteiger partial charge in [0.05, 0.1) is 11.9 Å². The van der Waals surface area contributed by atoms with E-state index in [1.807, 2.05) is 87.5 Å². The van der Waals surface area contributed by atoms with Crippen LogP contribution in [0.1, 0.15) is 62.6 Å². The summed E-state index contributed by atoms with van der Waals surface area (Å²) in [4.78, 5) is 32.2. The third-order valence-corrected chi connectivity index (χ3v) is 9.93. The number of hydrogen-bond acceptors (Lipinski definition) is 7. The normalized spacial score (nSPS) is 17.2. The lowest BCUT2D eigenvalue weighted by atomic mass is 9.65. The Morgan fingerprint density at radius 2 is 1.50 bits per heavy atom. The summed E-state index contributed by atoms with van der Waals surface area (Å²) in [5.41, 5.74) is 7.75. The summed E-state index contributed by atoms with van der Waals surface area (Å²) >= 11 is 0. The van der Waals surface area contributed by atoms with Crippen molar-refractivity contribution in [2.75, 3.05) is 10.5 Å². The molecule has 8 nitrogen and oxygen atoms in total. The van der Waals surface area contributed by atoms with Gasteiger partial charge in [-0.25, -0.2) is 4.98 Å². The molecule has 240 valence electrons. The highest BCUT2D eigenvalue weighted by Gasteiger charge is 2.51. The number of cyclic esters (lactones) is 1. The lowest BCUT2D eigenvalue weighted by molar-refractivity contribution is -0.181. The van der Waals surface area contributed by atoms with Gasteiger partial charge in [-0.05, 0) is 72.1 Å². The van der Waals surface area contributed by atoms with E-state index < -0.39 is 38.8 Å². The summed E-state index contributed by atoms with van der Waals surface area (Å²) in [6.07, 6.45) is 3.81. The van der Waals surface area contributed by atoms with Crippen molar-refractivity contribution in [1.29, 1.82) is 0 Å². The topological polar surface area (TPSA) is 128 Å². The van der Waals surface area contributed by atoms with Crippen molar-refractivity contribution in [2.45, 2.75) is 69.4 Å². The summed E-state index contributed by atoms with van der Waals surface area (Å²) in [6, 6.07) is 29.6. The maximum absolute atomic E-state index is 14.2. The Morgan fingerprint density at radius 3 is 2.02 bits per heavy atom. The molecule has 9 heteroatoms. The number of carbonyl (C=O) groups excluding carboxylic acids is 2. The molecule has 1 fully saturated rings. The maximum Gasteiger partial charge on any atom is 0.317 e. The predicted octanol–water partition coefficient (Wildman–Crippen LogP) is 6.73. The minimum atomic E-state index is -4.00. The number of pyridine rings is 1. The minimum absolute atomic E-state index is 0.116. The Balaban J connectivity index is 1.42. The van der Waals surface area contributed by atoms with Gasteiger partial charge in [0.1, 0.15) is 11.5 Å². The Labute approximate surface area is 271 Å². The number of hydrogen-bond donors (Lipinski definition) is 2. The molecule has 1 aliphatic rings. The van der Waals surface area contributed by atoms with E-state index in [1.165, 1.54) is 18.3 Å². The van der Waals surface area contributed by atoms with Gasteiger partial charge >= 0.3 is 5.97 Å². The number of carbonyl (C=O) groups is 2. The Bertz CT molecular complexity index is 1710. The zero-order valence-corrected chi connectivity index (χ0v) is 27.3. The number of esters is 1. The molecule has 46 heavy (non-hydrogen) atoms. The van der Waals surface area contributed by atoms with Gasteiger partial charge in [-0.1, -0.05) is 93.6 Å². The largest absolute Gasteiger partial charge is 0.458 e. The minimum Gasteiger partial charge on any atom is -0.458 e. The van der Waals surface area contributed by atoms with E-state index in [4.69, 9.17) is 10.5 Å². The lowest BCUT2D eigenvalue weighted by Crippen LogP contribution is -2.51. The third kappa shape index (κ3) is 7.83. The number of Topliss-reactive ketones (excluding diaryl/α,β-unsaturated/α-hetero) is 1. The van der Waals surface area contributed by atoms with Crippen LogP contribution in [0.4, 0.5) is 11.4 Å². The van der Waals surface area contributed by atoms with Crippen LogP contribution < -0.4 is 10.5 Å². The second kappa shape index (κ2) is 13.5. The fourth-order valence-corrected chi connectivity index (χ4v) is 7.36. The summed E-state index contributed by atoms with van der Waals surface area (Å²) in [5, 5.41) is -0.173. The van der Waals surface area contributed by atoms with Gasteiger partial charge in [0.2, 0.25) is 0 Å². The summed E-state index contributed by atoms with van der Waals surface area (Å²) < 4.78 is 35.1. The maximum atomic E-state index is 14.2. The first-order chi connectivity index (χ1) is 21.9. The first-order valence-electron chi connectivity index (χ1n) is 15.5. The molecule has 0 radical (unpaired) electrons. The van der Waals surface area contributed by atoms with Crippen LogP contribution >= 0.6 is 0 Å². The molecule has 1 aliphatic heterocycles. The van der Waals surface area contributed by atoms with Crippen LogP contribution in [-0.4, -0.2) is 30.8 Å². The molecular formula is C37H41N3O5S. The van der Waals surface area contributed by atoms with E-state index >= 15 is 0 Å². The van der Waals surface area contributed by atoms with Crippen molar-refractivity contribution >= 4 is 33.2 Å². The van der Waals surface area contributed by atoms with Gasteiger partial charge in [0, 0.05) is 18.0 Å². The summed E-state index contributed by atoms with van der Waals surface area (Å²) in [6.45, 7) is 5.92. The number of nitrogens with zero attached hydrogens (tertiary/aromatic N) is 1. The predicted molar refractivity (Wildman–Crippen MR) is 180 cm³/mol. The van der Waals surface area contributed by atoms with Crippen LogP contribution in [0.3, 0.4) is 0 Å². The molecule has 0 spiro atoms. The number of anilines is 2. The highest BCUT2D eigenvalue weighted by Crippen LogP contribution is 2.47. The van der Waals surface area contributed by atoms with Crippen LogP contribution in [0, 0.1) is 11.3 Å². The van der Waals surface area contributed by atoms with E-state index in [1.54, 1.807) is 18.2 Å². The molecule has 0 saturated carbocycles. The Morgan fingerprint density at radius 1 is 0.891 bits per heavy atom. The number of ketones is 1. The fraction of sp³-hybridized carbons (Fsp3) is 0.324. The van der Waals surface area contributed by atoms with E-state index in [0.717, 1.165) is 11.1 Å². The smallest absolute Gasteiger partial charge is 0.317 e. The van der Waals surface area contributed by atoms with Gasteiger partial charge in [-0.15, -0.1) is 0 Å². The van der Waals surface area contributed by atoms with E-state index in [9.17, 15) is 18.0 Å². The van der Waals surface area contributed by atoms with Crippen LogP contribution in [0.5, 0.6) is 0 Å². The molecule has 4 aromatic rings. The number of nitrogens with two attached hydrogens (primary N) is 1. The van der Waals surface area contributed by atoms with Crippen LogP contribution in [0.25, 0.3) is 0 Å². The van der Waals surface area contributed by atoms with E-state index in [2.05, 4.69) is 9.71 Å². The van der Waals surface area contributed by atoms with Crippen LogP contribution in [0.15, 0.2) is 108 Å². The zero-order valence-electron chi connectivity index (χ0n) is 26.5. The monoisotopic (exact) mass is 639 g/mol. The molecule has 2 heterocycles. The van der Waals surface area contributed by atoms with Crippen molar-refractivity contribution in [3.8, 4) is 0 Å². The number of rotatable bonds is 11. The Kier molecular flexibility index (Phi) is 9.63. The highest BCUT2D eigenvalue weighted by atomic mass is 32.2. The first kappa shape index (κ1) is 32.9. The number of nitrogens with one attached hydrogen (secondary N) is 1. The molecule has 1 saturated heterocycles. The molecule has 0 bridgehead atoms. The number of sulfonamides is 1. The SMILES string of the molecule is CC(C)(C)[C@@H](c1cccc(NS(=O)(=O)c2ccc(N)cn2)c1)C1C(=O)CC(CCc2ccccc2)(CCc2ccccc2)OC1=O. The van der Waals surface area contributed by atoms with Gasteiger partial charge in [-0.3, -0.25) is 14.3 Å². The van der Waals surface area contributed by atoms with Gasteiger partial charge in [0.25, 0.3) is 10.0 Å². The number of nitrogen functional groups attached to an aromatic ring is 1. The molecule has 1 aromatic heterocycles. The molecule has 0 amide bonds. The average Bonchev–Trinajstić information content (AvgIpc) is 3.01. The van der Waals surface area contributed by atoms with Gasteiger partial charge in [0.15, 0.2) is 10.8 Å². The third-order valence-electron chi connectivity index (χ3n) is 8.64. The van der Waals surface area contributed by atoms with Crippen molar-refractivity contribution in [3.63, 3.8) is 0 Å². The van der Waals surface area contributed by atoms with E-state index in [-0.39, 0.29) is 17.2 Å². The van der Waals surface area contributed by atoms with E-state index in [0.29, 0.717) is 42.6 Å². The van der Waals surface area contributed by atoms with Crippen molar-refractivity contribution in [3.05, 3.63) is 120 Å². The second-order valence-corrected chi connectivity index (χ2v) is 14.8. The quantitative estimate of drug-likeness (QED) is 0.138. The van der Waals surface area contributed by atoms with Gasteiger partial charge < -0.3 is 10.5 Å². The fourth-order valence-electron chi connectivity index (χ4n) is 6.38. The molecule has 3 aromatic carbocycles. The van der Waals surface area contributed by atoms with Crippen LogP contribution in [-0.2, 0) is 37.2 Å². The number of benzene rings is 3. The summed E-state index contributed by atoms with van der Waals surface area (Å²) in [7, 11) is -4.00.